The van der Waals surface area contributed by atoms with Crippen molar-refractivity contribution in [2.24, 2.45) is 0 Å². The van der Waals surface area contributed by atoms with Gasteiger partial charge in [0.1, 0.15) is 0 Å². The van der Waals surface area contributed by atoms with Crippen molar-refractivity contribution in [2.75, 3.05) is 0 Å². The minimum absolute atomic E-state index is 0.316. The highest BCUT2D eigenvalue weighted by molar-refractivity contribution is 5.70. The van der Waals surface area contributed by atoms with Gasteiger partial charge in [-0.25, -0.2) is 8.78 Å². The number of aliphatic carboxylic acids is 1. The average molecular weight is 244 g/mol. The molecular formula is C11H10F2O4. The lowest BCUT2D eigenvalue weighted by molar-refractivity contribution is -0.137. The van der Waals surface area contributed by atoms with Crippen LogP contribution in [0.15, 0.2) is 6.07 Å². The Hall–Kier alpha value is -1.85. The Labute approximate surface area is 95.1 Å². The van der Waals surface area contributed by atoms with E-state index < -0.39 is 46.5 Å². The van der Waals surface area contributed by atoms with Crippen molar-refractivity contribution in [2.45, 2.75) is 24.7 Å². The maximum Gasteiger partial charge on any atom is 0.304 e. The van der Waals surface area contributed by atoms with Crippen LogP contribution in [-0.4, -0.2) is 21.3 Å². The number of hydrogen-bond acceptors (Lipinski definition) is 3. The number of aromatic hydroxyl groups is 2. The maximum atomic E-state index is 13.6. The summed E-state index contributed by atoms with van der Waals surface area (Å²) in [4.78, 5) is 10.7. The summed E-state index contributed by atoms with van der Waals surface area (Å²) >= 11 is 0. The fraction of sp³-hybridized carbons (Fsp3) is 0.364. The molecule has 6 heteroatoms. The highest BCUT2D eigenvalue weighted by Gasteiger charge is 2.50. The molecule has 0 unspecified atom stereocenters. The number of carboxylic acid groups (broad SMARTS) is 1. The molecule has 2 rings (SSSR count). The first-order valence-corrected chi connectivity index (χ1v) is 4.99. The second-order valence-electron chi connectivity index (χ2n) is 4.27. The van der Waals surface area contributed by atoms with Crippen LogP contribution in [0.5, 0.6) is 11.5 Å². The molecule has 4 nitrogen and oxygen atoms in total. The number of carboxylic acids is 1. The van der Waals surface area contributed by atoms with Crippen molar-refractivity contribution >= 4 is 5.97 Å². The van der Waals surface area contributed by atoms with E-state index in [-0.39, 0.29) is 0 Å². The molecule has 1 aromatic carbocycles. The minimum Gasteiger partial charge on any atom is -0.505 e. The first kappa shape index (κ1) is 11.6. The number of benzene rings is 1. The van der Waals surface area contributed by atoms with E-state index >= 15 is 0 Å². The van der Waals surface area contributed by atoms with Gasteiger partial charge >= 0.3 is 5.97 Å². The Morgan fingerprint density at radius 2 is 1.71 bits per heavy atom. The SMILES string of the molecule is O=C(O)CC1(c2c(F)c(O)cc(O)c2F)CC1. The van der Waals surface area contributed by atoms with E-state index in [4.69, 9.17) is 5.11 Å². The van der Waals surface area contributed by atoms with Gasteiger partial charge in [-0.3, -0.25) is 4.79 Å². The number of phenols is 2. The number of halogens is 2. The lowest BCUT2D eigenvalue weighted by atomic mass is 9.91. The topological polar surface area (TPSA) is 77.8 Å². The van der Waals surface area contributed by atoms with Gasteiger partial charge in [-0.1, -0.05) is 0 Å². The van der Waals surface area contributed by atoms with Gasteiger partial charge in [0.05, 0.1) is 6.42 Å². The van der Waals surface area contributed by atoms with Gasteiger partial charge in [0.25, 0.3) is 0 Å². The third kappa shape index (κ3) is 1.79. The van der Waals surface area contributed by atoms with Crippen molar-refractivity contribution in [3.05, 3.63) is 23.3 Å². The molecule has 0 saturated heterocycles. The van der Waals surface area contributed by atoms with Crippen molar-refractivity contribution < 1.29 is 28.9 Å². The van der Waals surface area contributed by atoms with E-state index in [1.165, 1.54) is 0 Å². The van der Waals surface area contributed by atoms with E-state index in [0.29, 0.717) is 18.9 Å². The normalized spacial score (nSPS) is 16.8. The molecule has 0 bridgehead atoms. The van der Waals surface area contributed by atoms with Crippen LogP contribution in [0.25, 0.3) is 0 Å². The van der Waals surface area contributed by atoms with Gasteiger partial charge < -0.3 is 15.3 Å². The predicted octanol–water partition coefficient (Wildman–Crippen LogP) is 1.88. The standard InChI is InChI=1S/C11H10F2O4/c12-9-5(14)3-6(15)10(13)8(9)11(1-2-11)4-7(16)17/h3,14-15H,1-2,4H2,(H,16,17). The molecule has 0 radical (unpaired) electrons. The largest absolute Gasteiger partial charge is 0.505 e. The smallest absolute Gasteiger partial charge is 0.304 e. The molecule has 0 aromatic heterocycles. The predicted molar refractivity (Wildman–Crippen MR) is 52.9 cm³/mol. The zero-order valence-electron chi connectivity index (χ0n) is 8.70. The maximum absolute atomic E-state index is 13.6. The Balaban J connectivity index is 2.55. The fourth-order valence-corrected chi connectivity index (χ4v) is 2.03. The monoisotopic (exact) mass is 244 g/mol. The molecule has 1 aliphatic rings. The molecule has 0 heterocycles. The fourth-order valence-electron chi connectivity index (χ4n) is 2.03. The third-order valence-electron chi connectivity index (χ3n) is 3.04. The lowest BCUT2D eigenvalue weighted by Gasteiger charge is -2.16. The molecule has 0 spiro atoms. The molecule has 17 heavy (non-hydrogen) atoms. The van der Waals surface area contributed by atoms with Crippen LogP contribution in [0.2, 0.25) is 0 Å². The summed E-state index contributed by atoms with van der Waals surface area (Å²) < 4.78 is 27.3. The van der Waals surface area contributed by atoms with Crippen molar-refractivity contribution in [3.63, 3.8) is 0 Å². The Morgan fingerprint density at radius 3 is 2.06 bits per heavy atom. The lowest BCUT2D eigenvalue weighted by Crippen LogP contribution is -2.16. The van der Waals surface area contributed by atoms with Gasteiger partial charge in [0.2, 0.25) is 0 Å². The number of rotatable bonds is 3. The molecule has 1 aromatic rings. The Kier molecular flexibility index (Phi) is 2.45. The van der Waals surface area contributed by atoms with Crippen LogP contribution in [0.4, 0.5) is 8.78 Å². The first-order valence-electron chi connectivity index (χ1n) is 4.99. The quantitative estimate of drug-likeness (QED) is 0.758. The number of carbonyl (C=O) groups is 1. The van der Waals surface area contributed by atoms with Gasteiger partial charge in [0.15, 0.2) is 23.1 Å². The molecule has 1 fully saturated rings. The van der Waals surface area contributed by atoms with Crippen LogP contribution < -0.4 is 0 Å². The van der Waals surface area contributed by atoms with Crippen LogP contribution in [-0.2, 0) is 10.2 Å². The van der Waals surface area contributed by atoms with Crippen LogP contribution >= 0.6 is 0 Å². The molecule has 0 aliphatic heterocycles. The summed E-state index contributed by atoms with van der Waals surface area (Å²) in [7, 11) is 0. The van der Waals surface area contributed by atoms with E-state index in [1.807, 2.05) is 0 Å². The van der Waals surface area contributed by atoms with Gasteiger partial charge in [-0.15, -0.1) is 0 Å². The van der Waals surface area contributed by atoms with E-state index in [0.717, 1.165) is 0 Å². The third-order valence-corrected chi connectivity index (χ3v) is 3.04. The van der Waals surface area contributed by atoms with Crippen molar-refractivity contribution in [1.29, 1.82) is 0 Å². The van der Waals surface area contributed by atoms with Crippen molar-refractivity contribution in [3.8, 4) is 11.5 Å². The molecule has 3 N–H and O–H groups in total. The molecule has 1 saturated carbocycles. The zero-order chi connectivity index (χ0) is 12.8. The summed E-state index contributed by atoms with van der Waals surface area (Å²) in [5.41, 5.74) is -1.67. The molecule has 92 valence electrons. The first-order chi connectivity index (χ1) is 7.87. The molecule has 0 amide bonds. The van der Waals surface area contributed by atoms with Gasteiger partial charge in [-0.2, -0.15) is 0 Å². The van der Waals surface area contributed by atoms with Crippen LogP contribution in [0.1, 0.15) is 24.8 Å². The van der Waals surface area contributed by atoms with E-state index in [9.17, 15) is 23.8 Å². The Morgan fingerprint density at radius 1 is 1.24 bits per heavy atom. The Bertz CT molecular complexity index is 468. The summed E-state index contributed by atoms with van der Waals surface area (Å²) in [6.45, 7) is 0. The van der Waals surface area contributed by atoms with E-state index in [2.05, 4.69) is 0 Å². The highest BCUT2D eigenvalue weighted by atomic mass is 19.1. The summed E-state index contributed by atoms with van der Waals surface area (Å²) in [6, 6.07) is 0.561. The minimum atomic E-state index is -1.20. The van der Waals surface area contributed by atoms with Gasteiger partial charge in [0, 0.05) is 17.0 Å². The van der Waals surface area contributed by atoms with Crippen molar-refractivity contribution in [1.82, 2.24) is 0 Å². The molecule has 0 atom stereocenters. The second-order valence-corrected chi connectivity index (χ2v) is 4.27. The zero-order valence-corrected chi connectivity index (χ0v) is 8.70. The summed E-state index contributed by atoms with van der Waals surface area (Å²) in [5, 5.41) is 27.1. The highest BCUT2D eigenvalue weighted by Crippen LogP contribution is 2.54. The van der Waals surface area contributed by atoms with Crippen LogP contribution in [0.3, 0.4) is 0 Å². The second kappa shape index (κ2) is 3.58. The summed E-state index contributed by atoms with van der Waals surface area (Å²) in [5.74, 6) is -5.33. The van der Waals surface area contributed by atoms with Gasteiger partial charge in [-0.05, 0) is 12.8 Å². The van der Waals surface area contributed by atoms with E-state index in [1.54, 1.807) is 0 Å². The van der Waals surface area contributed by atoms with Crippen LogP contribution in [0, 0.1) is 11.6 Å². The molecular weight excluding hydrogens is 234 g/mol. The molecule has 1 aliphatic carbocycles. The number of phenolic OH excluding ortho intramolecular Hbond substituents is 2. The average Bonchev–Trinajstić information content (AvgIpc) is 2.95. The number of hydrogen-bond donors (Lipinski definition) is 3. The summed E-state index contributed by atoms with van der Waals surface area (Å²) in [6.07, 6.45) is 0.204.